The predicted molar refractivity (Wildman–Crippen MR) is 120 cm³/mol. The molecule has 3 nitrogen and oxygen atoms in total. The highest BCUT2D eigenvalue weighted by Crippen LogP contribution is 2.29. The van der Waals surface area contributed by atoms with Gasteiger partial charge in [-0.05, 0) is 52.6 Å². The first-order chi connectivity index (χ1) is 13.5. The quantitative estimate of drug-likeness (QED) is 0.439. The summed E-state index contributed by atoms with van der Waals surface area (Å²) in [4.78, 5) is 15.1. The molecule has 0 amide bonds. The molecule has 0 unspecified atom stereocenters. The standard InChI is InChI=1S/C25H26N2O/c1-26(2)23-13-9-21(10-14-23)25(17-19-5-7-20(18-28)8-6-19)22-11-15-24(16-12-22)27(3)4/h5-18H,1-4H3. The van der Waals surface area contributed by atoms with Crippen molar-refractivity contribution in [3.05, 3.63) is 95.1 Å². The molecule has 0 aromatic heterocycles. The van der Waals surface area contributed by atoms with Crippen LogP contribution in [-0.2, 0) is 0 Å². The minimum Gasteiger partial charge on any atom is -0.378 e. The normalized spacial score (nSPS) is 10.3. The predicted octanol–water partition coefficient (Wildman–Crippen LogP) is 5.22. The Bertz CT molecular complexity index is 897. The molecule has 142 valence electrons. The van der Waals surface area contributed by atoms with Crippen molar-refractivity contribution in [3.63, 3.8) is 0 Å². The summed E-state index contributed by atoms with van der Waals surface area (Å²) in [5.74, 6) is 0. The Morgan fingerprint density at radius 1 is 0.607 bits per heavy atom. The van der Waals surface area contributed by atoms with Gasteiger partial charge in [0.15, 0.2) is 0 Å². The van der Waals surface area contributed by atoms with Crippen molar-refractivity contribution in [1.82, 2.24) is 0 Å². The third-order valence-electron chi connectivity index (χ3n) is 4.77. The van der Waals surface area contributed by atoms with Crippen LogP contribution in [0.5, 0.6) is 0 Å². The van der Waals surface area contributed by atoms with Crippen LogP contribution in [-0.4, -0.2) is 34.5 Å². The highest BCUT2D eigenvalue weighted by Gasteiger charge is 2.08. The van der Waals surface area contributed by atoms with Gasteiger partial charge in [-0.1, -0.05) is 48.5 Å². The number of nitrogens with zero attached hydrogens (tertiary/aromatic N) is 2. The maximum absolute atomic E-state index is 10.9. The molecule has 0 aliphatic heterocycles. The van der Waals surface area contributed by atoms with E-state index in [-0.39, 0.29) is 0 Å². The van der Waals surface area contributed by atoms with Gasteiger partial charge in [0, 0.05) is 45.1 Å². The average Bonchev–Trinajstić information content (AvgIpc) is 2.72. The molecule has 0 saturated heterocycles. The van der Waals surface area contributed by atoms with Gasteiger partial charge >= 0.3 is 0 Å². The molecule has 0 fully saturated rings. The molecule has 0 heterocycles. The summed E-state index contributed by atoms with van der Waals surface area (Å²) in [5, 5.41) is 0. The molecular formula is C25H26N2O. The fourth-order valence-electron chi connectivity index (χ4n) is 3.05. The van der Waals surface area contributed by atoms with Gasteiger partial charge < -0.3 is 9.80 Å². The Labute approximate surface area is 167 Å². The van der Waals surface area contributed by atoms with Crippen molar-refractivity contribution in [2.24, 2.45) is 0 Å². The van der Waals surface area contributed by atoms with Crippen LogP contribution in [0.25, 0.3) is 11.6 Å². The summed E-state index contributed by atoms with van der Waals surface area (Å²) in [6.45, 7) is 0. The fraction of sp³-hybridized carbons (Fsp3) is 0.160. The molecule has 0 aliphatic rings. The minimum absolute atomic E-state index is 0.685. The van der Waals surface area contributed by atoms with E-state index >= 15 is 0 Å². The summed E-state index contributed by atoms with van der Waals surface area (Å²) in [5.41, 5.74) is 7.54. The number of aldehydes is 1. The third-order valence-corrected chi connectivity index (χ3v) is 4.77. The van der Waals surface area contributed by atoms with Crippen molar-refractivity contribution in [2.75, 3.05) is 38.0 Å². The topological polar surface area (TPSA) is 23.6 Å². The first-order valence-electron chi connectivity index (χ1n) is 9.30. The van der Waals surface area contributed by atoms with Gasteiger partial charge in [0.2, 0.25) is 0 Å². The first kappa shape index (κ1) is 19.4. The van der Waals surface area contributed by atoms with E-state index in [2.05, 4.69) is 64.4 Å². The van der Waals surface area contributed by atoms with Gasteiger partial charge in [-0.25, -0.2) is 0 Å². The van der Waals surface area contributed by atoms with Gasteiger partial charge in [-0.15, -0.1) is 0 Å². The highest BCUT2D eigenvalue weighted by molar-refractivity contribution is 5.92. The van der Waals surface area contributed by atoms with Crippen LogP contribution >= 0.6 is 0 Å². The van der Waals surface area contributed by atoms with Crippen molar-refractivity contribution >= 4 is 29.3 Å². The van der Waals surface area contributed by atoms with Gasteiger partial charge in [0.05, 0.1) is 0 Å². The first-order valence-corrected chi connectivity index (χ1v) is 9.30. The van der Waals surface area contributed by atoms with Crippen LogP contribution < -0.4 is 9.80 Å². The molecule has 3 heteroatoms. The van der Waals surface area contributed by atoms with Crippen LogP contribution in [0.2, 0.25) is 0 Å². The van der Waals surface area contributed by atoms with Crippen molar-refractivity contribution < 1.29 is 4.79 Å². The number of carbonyl (C=O) groups excluding carboxylic acids is 1. The molecule has 0 bridgehead atoms. The Morgan fingerprint density at radius 3 is 1.36 bits per heavy atom. The summed E-state index contributed by atoms with van der Waals surface area (Å²) in [7, 11) is 8.17. The smallest absolute Gasteiger partial charge is 0.150 e. The number of hydrogen-bond donors (Lipinski definition) is 0. The molecule has 0 atom stereocenters. The Hall–Kier alpha value is -3.33. The van der Waals surface area contributed by atoms with E-state index in [0.717, 1.165) is 28.5 Å². The van der Waals surface area contributed by atoms with Gasteiger partial charge in [0.25, 0.3) is 0 Å². The Balaban J connectivity index is 2.06. The molecule has 0 N–H and O–H groups in total. The summed E-state index contributed by atoms with van der Waals surface area (Å²) < 4.78 is 0. The van der Waals surface area contributed by atoms with E-state index < -0.39 is 0 Å². The largest absolute Gasteiger partial charge is 0.378 e. The maximum atomic E-state index is 10.9. The fourth-order valence-corrected chi connectivity index (χ4v) is 3.05. The van der Waals surface area contributed by atoms with E-state index in [9.17, 15) is 4.79 Å². The van der Waals surface area contributed by atoms with Gasteiger partial charge in [-0.2, -0.15) is 0 Å². The second kappa shape index (κ2) is 8.57. The van der Waals surface area contributed by atoms with Crippen LogP contribution in [0.1, 0.15) is 27.0 Å². The average molecular weight is 370 g/mol. The lowest BCUT2D eigenvalue weighted by atomic mass is 9.95. The third kappa shape index (κ3) is 4.49. The maximum Gasteiger partial charge on any atom is 0.150 e. The Morgan fingerprint density at radius 2 is 1.00 bits per heavy atom. The molecule has 3 rings (SSSR count). The molecule has 0 spiro atoms. The Kier molecular flexibility index (Phi) is 5.95. The molecule has 3 aromatic carbocycles. The molecule has 0 saturated carbocycles. The SMILES string of the molecule is CN(C)c1ccc(C(=Cc2ccc(C=O)cc2)c2ccc(N(C)C)cc2)cc1. The van der Waals surface area contributed by atoms with E-state index in [1.807, 2.05) is 52.5 Å². The number of benzene rings is 3. The van der Waals surface area contributed by atoms with Crippen LogP contribution in [0.15, 0.2) is 72.8 Å². The minimum atomic E-state index is 0.685. The van der Waals surface area contributed by atoms with Crippen LogP contribution in [0.3, 0.4) is 0 Å². The number of anilines is 2. The van der Waals surface area contributed by atoms with E-state index in [1.54, 1.807) is 0 Å². The van der Waals surface area contributed by atoms with Crippen LogP contribution in [0.4, 0.5) is 11.4 Å². The molecule has 3 aromatic rings. The van der Waals surface area contributed by atoms with Gasteiger partial charge in [0.1, 0.15) is 6.29 Å². The van der Waals surface area contributed by atoms with Gasteiger partial charge in [-0.3, -0.25) is 4.79 Å². The van der Waals surface area contributed by atoms with Crippen molar-refractivity contribution in [3.8, 4) is 0 Å². The second-order valence-electron chi connectivity index (χ2n) is 7.23. The lowest BCUT2D eigenvalue weighted by Crippen LogP contribution is -2.08. The lowest BCUT2D eigenvalue weighted by Gasteiger charge is -2.16. The lowest BCUT2D eigenvalue weighted by molar-refractivity contribution is 0.112. The zero-order valence-electron chi connectivity index (χ0n) is 16.9. The summed E-state index contributed by atoms with van der Waals surface area (Å²) in [6.07, 6.45) is 3.04. The number of rotatable bonds is 6. The monoisotopic (exact) mass is 370 g/mol. The van der Waals surface area contributed by atoms with E-state index in [1.165, 1.54) is 11.4 Å². The zero-order valence-corrected chi connectivity index (χ0v) is 16.9. The molecule has 0 radical (unpaired) electrons. The van der Waals surface area contributed by atoms with Crippen molar-refractivity contribution in [1.29, 1.82) is 0 Å². The number of hydrogen-bond acceptors (Lipinski definition) is 3. The second-order valence-corrected chi connectivity index (χ2v) is 7.23. The number of carbonyl (C=O) groups is 1. The molecular weight excluding hydrogens is 344 g/mol. The summed E-state index contributed by atoms with van der Waals surface area (Å²) in [6, 6.07) is 24.8. The molecule has 28 heavy (non-hydrogen) atoms. The van der Waals surface area contributed by atoms with Crippen molar-refractivity contribution in [2.45, 2.75) is 0 Å². The molecule has 0 aliphatic carbocycles. The summed E-state index contributed by atoms with van der Waals surface area (Å²) >= 11 is 0. The highest BCUT2D eigenvalue weighted by atomic mass is 16.1. The van der Waals surface area contributed by atoms with Crippen LogP contribution in [0, 0.1) is 0 Å². The van der Waals surface area contributed by atoms with E-state index in [0.29, 0.717) is 5.56 Å². The zero-order chi connectivity index (χ0) is 20.1. The van der Waals surface area contributed by atoms with E-state index in [4.69, 9.17) is 0 Å².